The van der Waals surface area contributed by atoms with Gasteiger partial charge in [-0.15, -0.1) is 0 Å². The van der Waals surface area contributed by atoms with Crippen LogP contribution in [0, 0.1) is 13.8 Å². The third-order valence-corrected chi connectivity index (χ3v) is 6.38. The van der Waals surface area contributed by atoms with Crippen LogP contribution in [0.3, 0.4) is 0 Å². The standard InChI is InChI=1S/C26H28N6O2/c1-17-14-20-21(15-18(17)2)32-22(30-26(34)19-8-4-3-5-9-19)16-28-25(32)24(29-20)27-11-7-13-31-12-6-10-23(31)33/h3-5,8-9,14-16H,6-7,10-13H2,1-2H3,(H,27,29)(H,30,34). The number of amides is 2. The molecule has 1 aliphatic heterocycles. The molecular weight excluding hydrogens is 428 g/mol. The van der Waals surface area contributed by atoms with Crippen molar-refractivity contribution in [3.63, 3.8) is 0 Å². The van der Waals surface area contributed by atoms with E-state index in [1.807, 2.05) is 27.5 Å². The van der Waals surface area contributed by atoms with Crippen LogP contribution in [0.5, 0.6) is 0 Å². The lowest BCUT2D eigenvalue weighted by atomic mass is 10.1. The van der Waals surface area contributed by atoms with Crippen LogP contribution in [0.1, 0.15) is 40.7 Å². The zero-order valence-electron chi connectivity index (χ0n) is 19.5. The van der Waals surface area contributed by atoms with E-state index in [2.05, 4.69) is 41.6 Å². The highest BCUT2D eigenvalue weighted by Crippen LogP contribution is 2.27. The van der Waals surface area contributed by atoms with Crippen molar-refractivity contribution in [3.05, 3.63) is 65.4 Å². The second-order valence-electron chi connectivity index (χ2n) is 8.77. The molecule has 3 heterocycles. The number of carbonyl (C=O) groups is 2. The molecule has 8 nitrogen and oxygen atoms in total. The van der Waals surface area contributed by atoms with Gasteiger partial charge in [-0.3, -0.25) is 14.0 Å². The second-order valence-corrected chi connectivity index (χ2v) is 8.77. The Morgan fingerprint density at radius 1 is 1.12 bits per heavy atom. The molecule has 2 amide bonds. The van der Waals surface area contributed by atoms with Gasteiger partial charge in [0.1, 0.15) is 5.82 Å². The molecule has 0 aliphatic carbocycles. The van der Waals surface area contributed by atoms with Crippen LogP contribution in [0.4, 0.5) is 11.6 Å². The molecule has 2 N–H and O–H groups in total. The number of nitrogens with zero attached hydrogens (tertiary/aromatic N) is 4. The van der Waals surface area contributed by atoms with E-state index in [1.165, 1.54) is 0 Å². The van der Waals surface area contributed by atoms with E-state index in [-0.39, 0.29) is 11.8 Å². The van der Waals surface area contributed by atoms with Gasteiger partial charge < -0.3 is 15.5 Å². The van der Waals surface area contributed by atoms with Gasteiger partial charge in [-0.1, -0.05) is 18.2 Å². The number of hydrogen-bond donors (Lipinski definition) is 2. The van der Waals surface area contributed by atoms with Crippen molar-refractivity contribution >= 4 is 40.1 Å². The first-order valence-electron chi connectivity index (χ1n) is 11.7. The van der Waals surface area contributed by atoms with Crippen molar-refractivity contribution in [2.24, 2.45) is 0 Å². The monoisotopic (exact) mass is 456 g/mol. The summed E-state index contributed by atoms with van der Waals surface area (Å²) < 4.78 is 1.95. The quantitative estimate of drug-likeness (QED) is 0.407. The first-order chi connectivity index (χ1) is 16.5. The predicted molar refractivity (Wildman–Crippen MR) is 133 cm³/mol. The fraction of sp³-hybridized carbons (Fsp3) is 0.308. The average Bonchev–Trinajstić information content (AvgIpc) is 3.45. The Labute approximate surface area is 198 Å². The summed E-state index contributed by atoms with van der Waals surface area (Å²) in [4.78, 5) is 36.1. The number of hydrogen-bond acceptors (Lipinski definition) is 5. The van der Waals surface area contributed by atoms with Gasteiger partial charge in [-0.25, -0.2) is 9.97 Å². The summed E-state index contributed by atoms with van der Waals surface area (Å²) in [5.74, 6) is 1.29. The number of likely N-dealkylation sites (tertiary alicyclic amines) is 1. The summed E-state index contributed by atoms with van der Waals surface area (Å²) in [5, 5.41) is 6.41. The van der Waals surface area contributed by atoms with Gasteiger partial charge in [0.15, 0.2) is 11.5 Å². The molecule has 174 valence electrons. The highest BCUT2D eigenvalue weighted by molar-refractivity contribution is 6.04. The minimum Gasteiger partial charge on any atom is -0.367 e. The van der Waals surface area contributed by atoms with Crippen LogP contribution < -0.4 is 10.6 Å². The molecule has 1 saturated heterocycles. The third kappa shape index (κ3) is 4.19. The summed E-state index contributed by atoms with van der Waals surface area (Å²) in [6.07, 6.45) is 4.09. The number of rotatable bonds is 7. The maximum absolute atomic E-state index is 12.8. The normalized spacial score (nSPS) is 13.7. The Morgan fingerprint density at radius 3 is 2.68 bits per heavy atom. The van der Waals surface area contributed by atoms with E-state index in [1.54, 1.807) is 18.3 Å². The van der Waals surface area contributed by atoms with Crippen molar-refractivity contribution in [1.82, 2.24) is 19.3 Å². The van der Waals surface area contributed by atoms with Crippen molar-refractivity contribution in [2.45, 2.75) is 33.1 Å². The first kappa shape index (κ1) is 21.9. The van der Waals surface area contributed by atoms with Crippen LogP contribution in [-0.4, -0.2) is 50.7 Å². The van der Waals surface area contributed by atoms with Crippen LogP contribution in [0.15, 0.2) is 48.7 Å². The maximum atomic E-state index is 12.8. The fourth-order valence-electron chi connectivity index (χ4n) is 4.39. The zero-order valence-corrected chi connectivity index (χ0v) is 19.5. The summed E-state index contributed by atoms with van der Waals surface area (Å²) in [7, 11) is 0. The number of nitrogens with one attached hydrogen (secondary N) is 2. The van der Waals surface area contributed by atoms with Gasteiger partial charge >= 0.3 is 0 Å². The van der Waals surface area contributed by atoms with E-state index in [9.17, 15) is 9.59 Å². The summed E-state index contributed by atoms with van der Waals surface area (Å²) in [6, 6.07) is 13.3. The predicted octanol–water partition coefficient (Wildman–Crippen LogP) is 4.18. The number of carbonyl (C=O) groups excluding carboxylic acids is 2. The van der Waals surface area contributed by atoms with Gasteiger partial charge in [0.2, 0.25) is 5.91 Å². The topological polar surface area (TPSA) is 91.6 Å². The van der Waals surface area contributed by atoms with E-state index < -0.39 is 0 Å². The Hall–Kier alpha value is -3.94. The van der Waals surface area contributed by atoms with Crippen LogP contribution >= 0.6 is 0 Å². The molecule has 4 aromatic rings. The zero-order chi connectivity index (χ0) is 23.7. The number of aryl methyl sites for hydroxylation is 2. The first-order valence-corrected chi connectivity index (χ1v) is 11.7. The van der Waals surface area contributed by atoms with E-state index >= 15 is 0 Å². The molecule has 0 atom stereocenters. The molecule has 0 unspecified atom stereocenters. The van der Waals surface area contributed by atoms with Crippen LogP contribution in [0.2, 0.25) is 0 Å². The minimum absolute atomic E-state index is 0.194. The number of aromatic nitrogens is 3. The Morgan fingerprint density at radius 2 is 1.91 bits per heavy atom. The van der Waals surface area contributed by atoms with Crippen molar-refractivity contribution in [2.75, 3.05) is 30.3 Å². The molecule has 0 spiro atoms. The van der Waals surface area contributed by atoms with Gasteiger partial charge in [0, 0.05) is 31.6 Å². The largest absolute Gasteiger partial charge is 0.367 e. The Kier molecular flexibility index (Phi) is 5.88. The van der Waals surface area contributed by atoms with Gasteiger partial charge in [-0.05, 0) is 62.1 Å². The van der Waals surface area contributed by atoms with Gasteiger partial charge in [0.25, 0.3) is 5.91 Å². The highest BCUT2D eigenvalue weighted by atomic mass is 16.2. The fourth-order valence-corrected chi connectivity index (χ4v) is 4.39. The Balaban J connectivity index is 1.46. The van der Waals surface area contributed by atoms with Gasteiger partial charge in [-0.2, -0.15) is 0 Å². The van der Waals surface area contributed by atoms with Crippen LogP contribution in [0.25, 0.3) is 16.7 Å². The molecule has 0 bridgehead atoms. The molecule has 1 aliphatic rings. The maximum Gasteiger partial charge on any atom is 0.256 e. The molecule has 8 heteroatoms. The number of imidazole rings is 1. The highest BCUT2D eigenvalue weighted by Gasteiger charge is 2.20. The second kappa shape index (κ2) is 9.13. The lowest BCUT2D eigenvalue weighted by molar-refractivity contribution is -0.127. The van der Waals surface area contributed by atoms with Gasteiger partial charge in [0.05, 0.1) is 17.2 Å². The average molecular weight is 457 g/mol. The third-order valence-electron chi connectivity index (χ3n) is 6.38. The summed E-state index contributed by atoms with van der Waals surface area (Å²) >= 11 is 0. The SMILES string of the molecule is Cc1cc2nc(NCCCN3CCCC3=O)c3ncc(NC(=O)c4ccccc4)n3c2cc1C. The van der Waals surface area contributed by atoms with Crippen molar-refractivity contribution in [3.8, 4) is 0 Å². The molecule has 1 fully saturated rings. The lowest BCUT2D eigenvalue weighted by Crippen LogP contribution is -2.27. The minimum atomic E-state index is -0.194. The Bertz CT molecular complexity index is 1380. The molecule has 5 rings (SSSR count). The van der Waals surface area contributed by atoms with E-state index in [0.29, 0.717) is 35.8 Å². The smallest absolute Gasteiger partial charge is 0.256 e. The van der Waals surface area contributed by atoms with E-state index in [0.717, 1.165) is 48.1 Å². The van der Waals surface area contributed by atoms with E-state index in [4.69, 9.17) is 4.98 Å². The molecule has 34 heavy (non-hydrogen) atoms. The number of fused-ring (bicyclic) bond motifs is 3. The molecule has 0 radical (unpaired) electrons. The lowest BCUT2D eigenvalue weighted by Gasteiger charge is -2.16. The molecule has 0 saturated carbocycles. The summed E-state index contributed by atoms with van der Waals surface area (Å²) in [6.45, 7) is 6.38. The molecular formula is C26H28N6O2. The van der Waals surface area contributed by atoms with Crippen molar-refractivity contribution < 1.29 is 9.59 Å². The van der Waals surface area contributed by atoms with Crippen LogP contribution in [-0.2, 0) is 4.79 Å². The summed E-state index contributed by atoms with van der Waals surface area (Å²) in [5.41, 5.74) is 5.22. The number of anilines is 2. The molecule has 2 aromatic heterocycles. The number of benzene rings is 2. The molecule has 2 aromatic carbocycles. The van der Waals surface area contributed by atoms with Crippen molar-refractivity contribution in [1.29, 1.82) is 0 Å².